The van der Waals surface area contributed by atoms with Crippen LogP contribution in [-0.4, -0.2) is 54.0 Å². The zero-order chi connectivity index (χ0) is 23.5. The average molecular weight is 488 g/mol. The fourth-order valence-electron chi connectivity index (χ4n) is 3.68. The van der Waals surface area contributed by atoms with Crippen LogP contribution in [0.25, 0.3) is 0 Å². The number of hydrogen-bond acceptors (Lipinski definition) is 11. The maximum absolute atomic E-state index is 11.7. The Bertz CT molecular complexity index is 1190. The molecular formula is C17H25N7O6S2. The van der Waals surface area contributed by atoms with Gasteiger partial charge < -0.3 is 22.1 Å². The van der Waals surface area contributed by atoms with Gasteiger partial charge in [-0.25, -0.2) is 0 Å². The molecule has 1 aromatic heterocycles. The molecule has 1 aliphatic carbocycles. The van der Waals surface area contributed by atoms with Crippen molar-refractivity contribution in [2.24, 2.45) is 17.6 Å². The summed E-state index contributed by atoms with van der Waals surface area (Å²) in [7, 11) is -9.38. The molecule has 1 aromatic carbocycles. The third-order valence-corrected chi connectivity index (χ3v) is 6.96. The first-order valence-electron chi connectivity index (χ1n) is 9.77. The highest BCUT2D eigenvalue weighted by Gasteiger charge is 2.22. The Morgan fingerprint density at radius 2 is 1.69 bits per heavy atom. The van der Waals surface area contributed by atoms with Gasteiger partial charge in [0.1, 0.15) is 4.90 Å². The van der Waals surface area contributed by atoms with Crippen molar-refractivity contribution in [3.8, 4) is 0 Å². The Kier molecular flexibility index (Phi) is 7.14. The van der Waals surface area contributed by atoms with E-state index in [1.165, 1.54) is 0 Å². The smallest absolute Gasteiger partial charge is 0.296 e. The summed E-state index contributed by atoms with van der Waals surface area (Å²) in [5.74, 6) is 0.623. The fraction of sp³-hybridized carbons (Fsp3) is 0.471. The molecule has 0 radical (unpaired) electrons. The van der Waals surface area contributed by atoms with Gasteiger partial charge in [-0.05, 0) is 55.8 Å². The second-order valence-electron chi connectivity index (χ2n) is 7.59. The van der Waals surface area contributed by atoms with Crippen molar-refractivity contribution in [2.75, 3.05) is 29.5 Å². The third-order valence-electron chi connectivity index (χ3n) is 5.20. The number of anilines is 4. The maximum atomic E-state index is 11.7. The molecule has 0 saturated heterocycles. The van der Waals surface area contributed by atoms with Crippen LogP contribution >= 0.6 is 0 Å². The summed E-state index contributed by atoms with van der Waals surface area (Å²) < 4.78 is 64.9. The Morgan fingerprint density at radius 3 is 2.34 bits per heavy atom. The van der Waals surface area contributed by atoms with Crippen molar-refractivity contribution in [3.63, 3.8) is 0 Å². The number of aromatic nitrogens is 3. The van der Waals surface area contributed by atoms with E-state index in [0.717, 1.165) is 43.9 Å². The largest absolute Gasteiger partial charge is 0.368 e. The first kappa shape index (κ1) is 24.1. The molecule has 0 aliphatic heterocycles. The van der Waals surface area contributed by atoms with Crippen LogP contribution in [0.1, 0.15) is 25.7 Å². The lowest BCUT2D eigenvalue weighted by Gasteiger charge is -2.28. The van der Waals surface area contributed by atoms with E-state index in [-0.39, 0.29) is 23.5 Å². The lowest BCUT2D eigenvalue weighted by Crippen LogP contribution is -2.27. The molecule has 8 N–H and O–H groups in total. The van der Waals surface area contributed by atoms with Gasteiger partial charge in [0, 0.05) is 6.54 Å². The zero-order valence-electron chi connectivity index (χ0n) is 17.0. The van der Waals surface area contributed by atoms with Crippen molar-refractivity contribution < 1.29 is 25.9 Å². The maximum Gasteiger partial charge on any atom is 0.296 e. The quantitative estimate of drug-likeness (QED) is 0.285. The molecule has 1 saturated carbocycles. The lowest BCUT2D eigenvalue weighted by molar-refractivity contribution is 0.281. The summed E-state index contributed by atoms with van der Waals surface area (Å²) in [4.78, 5) is 10.8. The number of nitrogens with one attached hydrogen (secondary N) is 2. The van der Waals surface area contributed by atoms with Gasteiger partial charge in [0.25, 0.3) is 20.2 Å². The van der Waals surface area contributed by atoms with Gasteiger partial charge in [-0.1, -0.05) is 6.42 Å². The summed E-state index contributed by atoms with van der Waals surface area (Å²) >= 11 is 0. The van der Waals surface area contributed by atoms with Gasteiger partial charge in [0.15, 0.2) is 0 Å². The van der Waals surface area contributed by atoms with Crippen LogP contribution in [0.3, 0.4) is 0 Å². The van der Waals surface area contributed by atoms with E-state index < -0.39 is 30.0 Å². The van der Waals surface area contributed by atoms with Crippen LogP contribution in [0, 0.1) is 11.8 Å². The molecule has 32 heavy (non-hydrogen) atoms. The second kappa shape index (κ2) is 9.50. The average Bonchev–Trinajstić information content (AvgIpc) is 2.70. The normalized spacial score (nSPS) is 19.5. The summed E-state index contributed by atoms with van der Waals surface area (Å²) in [6, 6.07) is 2.47. The van der Waals surface area contributed by atoms with E-state index in [1.54, 1.807) is 0 Å². The summed E-state index contributed by atoms with van der Waals surface area (Å²) in [6.07, 6.45) is 4.21. The van der Waals surface area contributed by atoms with Gasteiger partial charge in [0.05, 0.1) is 10.6 Å². The molecule has 176 valence electrons. The summed E-state index contributed by atoms with van der Waals surface area (Å²) in [5, 5.41) is 5.59. The van der Waals surface area contributed by atoms with E-state index >= 15 is 0 Å². The highest BCUT2D eigenvalue weighted by Crippen LogP contribution is 2.29. The van der Waals surface area contributed by atoms with Gasteiger partial charge in [0.2, 0.25) is 17.8 Å². The molecular weight excluding hydrogens is 462 g/mol. The number of nitrogens with two attached hydrogens (primary N) is 2. The minimum atomic E-state index is -4.74. The molecule has 1 fully saturated rings. The number of nitrogen functional groups attached to an aromatic ring is 1. The number of benzene rings is 1. The zero-order valence-corrected chi connectivity index (χ0v) is 18.6. The predicted molar refractivity (Wildman–Crippen MR) is 117 cm³/mol. The monoisotopic (exact) mass is 487 g/mol. The van der Waals surface area contributed by atoms with Crippen molar-refractivity contribution in [2.45, 2.75) is 35.5 Å². The van der Waals surface area contributed by atoms with Gasteiger partial charge in [-0.2, -0.15) is 31.8 Å². The SMILES string of the molecule is NCC1CCCC(CNc2nc(N)nc(Nc3cc(S(=O)(=O)O)ccc3S(=O)(=O)O)n2)C1. The van der Waals surface area contributed by atoms with Gasteiger partial charge in [-0.3, -0.25) is 9.11 Å². The molecule has 13 nitrogen and oxygen atoms in total. The molecule has 0 amide bonds. The Hall–Kier alpha value is -2.59. The molecule has 0 spiro atoms. The number of nitrogens with zero attached hydrogens (tertiary/aromatic N) is 3. The van der Waals surface area contributed by atoms with Crippen LogP contribution in [-0.2, 0) is 20.2 Å². The van der Waals surface area contributed by atoms with Gasteiger partial charge >= 0.3 is 0 Å². The van der Waals surface area contributed by atoms with Crippen LogP contribution in [0.4, 0.5) is 23.5 Å². The fourth-order valence-corrected chi connectivity index (χ4v) is 4.81. The summed E-state index contributed by atoms with van der Waals surface area (Å²) in [6.45, 7) is 1.22. The van der Waals surface area contributed by atoms with E-state index in [0.29, 0.717) is 24.9 Å². The molecule has 1 heterocycles. The van der Waals surface area contributed by atoms with Crippen LogP contribution in [0.15, 0.2) is 28.0 Å². The summed E-state index contributed by atoms with van der Waals surface area (Å²) in [5.41, 5.74) is 11.1. The Balaban J connectivity index is 1.84. The third kappa shape index (κ3) is 6.23. The minimum Gasteiger partial charge on any atom is -0.368 e. The molecule has 0 bridgehead atoms. The van der Waals surface area contributed by atoms with Crippen molar-refractivity contribution >= 4 is 43.8 Å². The number of rotatable bonds is 8. The van der Waals surface area contributed by atoms with Gasteiger partial charge in [-0.15, -0.1) is 0 Å². The predicted octanol–water partition coefficient (Wildman–Crippen LogP) is 0.868. The molecule has 2 atom stereocenters. The van der Waals surface area contributed by atoms with E-state index in [4.69, 9.17) is 11.5 Å². The highest BCUT2D eigenvalue weighted by atomic mass is 32.2. The van der Waals surface area contributed by atoms with E-state index in [2.05, 4.69) is 25.6 Å². The second-order valence-corrected chi connectivity index (χ2v) is 10.4. The molecule has 2 unspecified atom stereocenters. The van der Waals surface area contributed by atoms with Crippen molar-refractivity contribution in [1.29, 1.82) is 0 Å². The standard InChI is InChI=1S/C17H25N7O6S2/c18-8-10-2-1-3-11(6-10)9-20-16-22-15(19)23-17(24-16)21-13-7-12(31(25,26)27)4-5-14(13)32(28,29)30/h4-5,7,10-11H,1-3,6,8-9,18H2,(H,25,26,27)(H,28,29,30)(H4,19,20,21,22,23,24). The molecule has 3 rings (SSSR count). The van der Waals surface area contributed by atoms with Crippen LogP contribution < -0.4 is 22.1 Å². The molecule has 2 aromatic rings. The topological polar surface area (TPSA) is 224 Å². The van der Waals surface area contributed by atoms with Crippen molar-refractivity contribution in [3.05, 3.63) is 18.2 Å². The Labute approximate surface area is 185 Å². The first-order chi connectivity index (χ1) is 15.0. The van der Waals surface area contributed by atoms with Crippen LogP contribution in [0.2, 0.25) is 0 Å². The number of hydrogen-bond donors (Lipinski definition) is 6. The lowest BCUT2D eigenvalue weighted by atomic mass is 9.81. The van der Waals surface area contributed by atoms with E-state index in [9.17, 15) is 25.9 Å². The molecule has 1 aliphatic rings. The highest BCUT2D eigenvalue weighted by molar-refractivity contribution is 7.86. The Morgan fingerprint density at radius 1 is 1.00 bits per heavy atom. The van der Waals surface area contributed by atoms with Crippen molar-refractivity contribution in [1.82, 2.24) is 15.0 Å². The first-order valence-corrected chi connectivity index (χ1v) is 12.6. The molecule has 15 heteroatoms. The van der Waals surface area contributed by atoms with Crippen LogP contribution in [0.5, 0.6) is 0 Å². The van der Waals surface area contributed by atoms with E-state index in [1.807, 2.05) is 0 Å². The minimum absolute atomic E-state index is 0.134.